The summed E-state index contributed by atoms with van der Waals surface area (Å²) in [6.45, 7) is 5.09. The lowest BCUT2D eigenvalue weighted by atomic mass is 9.98. The first kappa shape index (κ1) is 14.6. The van der Waals surface area contributed by atoms with Crippen LogP contribution in [0, 0.1) is 11.8 Å². The molecule has 1 fully saturated rings. The van der Waals surface area contributed by atoms with Crippen LogP contribution in [0.25, 0.3) is 0 Å². The van der Waals surface area contributed by atoms with E-state index in [4.69, 9.17) is 5.73 Å². The number of rotatable bonds is 4. The van der Waals surface area contributed by atoms with Crippen molar-refractivity contribution in [2.75, 3.05) is 13.1 Å². The summed E-state index contributed by atoms with van der Waals surface area (Å²) < 4.78 is 0. The van der Waals surface area contributed by atoms with E-state index in [9.17, 15) is 0 Å². The second kappa shape index (κ2) is 7.69. The largest absolute Gasteiger partial charge is 0.320 e. The molecule has 1 aromatic rings. The van der Waals surface area contributed by atoms with Gasteiger partial charge in [0.1, 0.15) is 0 Å². The molecule has 2 rings (SSSR count). The summed E-state index contributed by atoms with van der Waals surface area (Å²) in [6, 6.07) is 5.14. The number of hydrogen-bond donors (Lipinski definition) is 1. The maximum atomic E-state index is 5.41. The van der Waals surface area contributed by atoms with Crippen LogP contribution in [0.15, 0.2) is 12.1 Å². The lowest BCUT2D eigenvalue weighted by Gasteiger charge is -2.35. The zero-order chi connectivity index (χ0) is 13.5. The molecule has 0 amide bonds. The zero-order valence-corrected chi connectivity index (χ0v) is 12.6. The van der Waals surface area contributed by atoms with Gasteiger partial charge in [-0.1, -0.05) is 31.6 Å². The molecule has 0 aromatic carbocycles. The Labute approximate surface area is 121 Å². The van der Waals surface area contributed by atoms with Crippen LogP contribution in [0.1, 0.15) is 48.8 Å². The third kappa shape index (κ3) is 4.35. The van der Waals surface area contributed by atoms with Gasteiger partial charge >= 0.3 is 0 Å². The zero-order valence-electron chi connectivity index (χ0n) is 11.8. The van der Waals surface area contributed by atoms with Crippen LogP contribution < -0.4 is 5.73 Å². The Hall–Kier alpha value is -0.820. The summed E-state index contributed by atoms with van der Waals surface area (Å²) in [5.41, 5.74) is 5.41. The van der Waals surface area contributed by atoms with Gasteiger partial charge in [0.2, 0.25) is 0 Å². The normalized spacial score (nSPS) is 20.0. The Morgan fingerprint density at radius 2 is 2.32 bits per heavy atom. The van der Waals surface area contributed by atoms with Crippen molar-refractivity contribution in [1.29, 1.82) is 0 Å². The topological polar surface area (TPSA) is 29.3 Å². The molecule has 19 heavy (non-hydrogen) atoms. The molecule has 0 saturated carbocycles. The number of thiophene rings is 1. The van der Waals surface area contributed by atoms with Crippen LogP contribution in [-0.4, -0.2) is 24.0 Å². The Morgan fingerprint density at radius 3 is 3.11 bits per heavy atom. The highest BCUT2D eigenvalue weighted by Gasteiger charge is 2.21. The van der Waals surface area contributed by atoms with Gasteiger partial charge in [-0.3, -0.25) is 4.90 Å². The van der Waals surface area contributed by atoms with Crippen LogP contribution in [0.2, 0.25) is 0 Å². The molecule has 1 aromatic heterocycles. The van der Waals surface area contributed by atoms with Gasteiger partial charge in [0.25, 0.3) is 0 Å². The summed E-state index contributed by atoms with van der Waals surface area (Å²) >= 11 is 1.82. The molecule has 1 aliphatic rings. The minimum atomic E-state index is 0.442. The minimum absolute atomic E-state index is 0.442. The predicted molar refractivity (Wildman–Crippen MR) is 83.2 cm³/mol. The molecule has 1 unspecified atom stereocenters. The summed E-state index contributed by atoms with van der Waals surface area (Å²) in [5, 5.41) is 0. The van der Waals surface area contributed by atoms with E-state index >= 15 is 0 Å². The monoisotopic (exact) mass is 276 g/mol. The smallest absolute Gasteiger partial charge is 0.0772 e. The molecular weight excluding hydrogens is 252 g/mol. The van der Waals surface area contributed by atoms with Gasteiger partial charge in [-0.15, -0.1) is 11.3 Å². The SMILES string of the molecule is CCCC1CCCCN1Cc1ccc(C#CCN)s1. The average Bonchev–Trinajstić information content (AvgIpc) is 2.87. The molecular formula is C16H24N2S. The number of nitrogens with two attached hydrogens (primary N) is 1. The molecule has 0 aliphatic carbocycles. The summed E-state index contributed by atoms with van der Waals surface area (Å²) in [6.07, 6.45) is 6.76. The van der Waals surface area contributed by atoms with Crippen molar-refractivity contribution in [3.05, 3.63) is 21.9 Å². The van der Waals surface area contributed by atoms with Crippen molar-refractivity contribution < 1.29 is 0 Å². The first-order valence-electron chi connectivity index (χ1n) is 7.35. The van der Waals surface area contributed by atoms with Crippen molar-refractivity contribution in [2.45, 2.75) is 51.6 Å². The van der Waals surface area contributed by atoms with E-state index in [1.54, 1.807) is 0 Å². The van der Waals surface area contributed by atoms with E-state index in [0.29, 0.717) is 6.54 Å². The number of piperidine rings is 1. The van der Waals surface area contributed by atoms with Crippen molar-refractivity contribution in [1.82, 2.24) is 4.90 Å². The first-order valence-corrected chi connectivity index (χ1v) is 8.17. The fourth-order valence-corrected chi connectivity index (χ4v) is 3.70. The molecule has 0 spiro atoms. The van der Waals surface area contributed by atoms with Gasteiger partial charge in [-0.05, 0) is 37.9 Å². The molecule has 0 radical (unpaired) electrons. The van der Waals surface area contributed by atoms with Gasteiger partial charge in [-0.2, -0.15) is 0 Å². The van der Waals surface area contributed by atoms with Crippen LogP contribution in [0.4, 0.5) is 0 Å². The highest BCUT2D eigenvalue weighted by molar-refractivity contribution is 7.12. The van der Waals surface area contributed by atoms with Crippen molar-refractivity contribution in [3.8, 4) is 11.8 Å². The fraction of sp³-hybridized carbons (Fsp3) is 0.625. The number of nitrogens with zero attached hydrogens (tertiary/aromatic N) is 1. The van der Waals surface area contributed by atoms with Crippen LogP contribution in [0.5, 0.6) is 0 Å². The van der Waals surface area contributed by atoms with Crippen molar-refractivity contribution >= 4 is 11.3 Å². The Balaban J connectivity index is 1.96. The van der Waals surface area contributed by atoms with Crippen LogP contribution >= 0.6 is 11.3 Å². The second-order valence-corrected chi connectivity index (χ2v) is 6.35. The standard InChI is InChI=1S/C16H24N2S/c1-2-6-14-7-3-4-12-18(14)13-16-10-9-15(19-16)8-5-11-17/h9-10,14H,2-4,6-7,11-13,17H2,1H3. The molecule has 0 bridgehead atoms. The summed E-state index contributed by atoms with van der Waals surface area (Å²) in [5.74, 6) is 6.05. The van der Waals surface area contributed by atoms with Gasteiger partial charge in [0.15, 0.2) is 0 Å². The van der Waals surface area contributed by atoms with Crippen molar-refractivity contribution in [3.63, 3.8) is 0 Å². The molecule has 2 nitrogen and oxygen atoms in total. The predicted octanol–water partition coefficient (Wildman–Crippen LogP) is 3.21. The third-order valence-corrected chi connectivity index (χ3v) is 4.69. The van der Waals surface area contributed by atoms with E-state index in [-0.39, 0.29) is 0 Å². The number of likely N-dealkylation sites (tertiary alicyclic amines) is 1. The van der Waals surface area contributed by atoms with E-state index in [2.05, 4.69) is 35.8 Å². The molecule has 3 heteroatoms. The average molecular weight is 276 g/mol. The Morgan fingerprint density at radius 1 is 1.42 bits per heavy atom. The lowest BCUT2D eigenvalue weighted by Crippen LogP contribution is -2.38. The summed E-state index contributed by atoms with van der Waals surface area (Å²) in [4.78, 5) is 5.24. The molecule has 2 heterocycles. The van der Waals surface area contributed by atoms with E-state index in [1.807, 2.05) is 11.3 Å². The number of hydrogen-bond acceptors (Lipinski definition) is 3. The Bertz CT molecular complexity index is 439. The molecule has 2 N–H and O–H groups in total. The second-order valence-electron chi connectivity index (χ2n) is 5.18. The van der Waals surface area contributed by atoms with Crippen LogP contribution in [-0.2, 0) is 6.54 Å². The van der Waals surface area contributed by atoms with Gasteiger partial charge in [-0.25, -0.2) is 0 Å². The quantitative estimate of drug-likeness (QED) is 0.856. The van der Waals surface area contributed by atoms with Gasteiger partial charge in [0.05, 0.1) is 11.4 Å². The maximum Gasteiger partial charge on any atom is 0.0772 e. The third-order valence-electron chi connectivity index (χ3n) is 3.71. The van der Waals surface area contributed by atoms with E-state index in [0.717, 1.165) is 17.5 Å². The molecule has 1 aliphatic heterocycles. The lowest BCUT2D eigenvalue weighted by molar-refractivity contribution is 0.133. The van der Waals surface area contributed by atoms with Crippen molar-refractivity contribution in [2.24, 2.45) is 5.73 Å². The van der Waals surface area contributed by atoms with Crippen LogP contribution in [0.3, 0.4) is 0 Å². The van der Waals surface area contributed by atoms with Gasteiger partial charge < -0.3 is 5.73 Å². The highest BCUT2D eigenvalue weighted by atomic mass is 32.1. The minimum Gasteiger partial charge on any atom is -0.320 e. The summed E-state index contributed by atoms with van der Waals surface area (Å²) in [7, 11) is 0. The van der Waals surface area contributed by atoms with E-state index in [1.165, 1.54) is 43.5 Å². The fourth-order valence-electron chi connectivity index (χ4n) is 2.80. The molecule has 1 saturated heterocycles. The highest BCUT2D eigenvalue weighted by Crippen LogP contribution is 2.25. The molecule has 1 atom stereocenters. The first-order chi connectivity index (χ1) is 9.33. The maximum absolute atomic E-state index is 5.41. The Kier molecular flexibility index (Phi) is 5.91. The molecule has 104 valence electrons. The van der Waals surface area contributed by atoms with Gasteiger partial charge in [0, 0.05) is 17.5 Å². The van der Waals surface area contributed by atoms with E-state index < -0.39 is 0 Å².